The maximum atomic E-state index is 11.8. The molecule has 1 fully saturated rings. The van der Waals surface area contributed by atoms with Gasteiger partial charge in [-0.15, -0.1) is 0 Å². The fourth-order valence-corrected chi connectivity index (χ4v) is 3.14. The maximum absolute atomic E-state index is 11.8. The van der Waals surface area contributed by atoms with Gasteiger partial charge in [-0.05, 0) is 19.8 Å². The average molecular weight is 279 g/mol. The summed E-state index contributed by atoms with van der Waals surface area (Å²) in [5, 5.41) is 8.82. The van der Waals surface area contributed by atoms with Crippen LogP contribution in [0.5, 0.6) is 0 Å². The molecule has 1 N–H and O–H groups in total. The highest BCUT2D eigenvalue weighted by molar-refractivity contribution is 7.89. The zero-order valence-corrected chi connectivity index (χ0v) is 11.8. The Bertz CT molecular complexity index is 386. The smallest absolute Gasteiger partial charge is 0.306 e. The Balaban J connectivity index is 2.37. The molecule has 1 aliphatic heterocycles. The number of sulfonamides is 1. The lowest BCUT2D eigenvalue weighted by atomic mass is 9.89. The van der Waals surface area contributed by atoms with Gasteiger partial charge in [-0.1, -0.05) is 6.92 Å². The van der Waals surface area contributed by atoms with E-state index < -0.39 is 21.9 Å². The molecular weight excluding hydrogens is 258 g/mol. The molecule has 1 atom stereocenters. The number of nitrogens with zero attached hydrogens (tertiary/aromatic N) is 1. The van der Waals surface area contributed by atoms with Crippen LogP contribution < -0.4 is 0 Å². The van der Waals surface area contributed by atoms with Crippen molar-refractivity contribution in [3.8, 4) is 0 Å². The molecule has 1 rings (SSSR count). The molecule has 1 saturated heterocycles. The maximum Gasteiger partial charge on any atom is 0.306 e. The lowest BCUT2D eigenvalue weighted by Crippen LogP contribution is -2.54. The summed E-state index contributed by atoms with van der Waals surface area (Å²) in [4.78, 5) is 10.7. The average Bonchev–Trinajstić information content (AvgIpc) is 2.13. The molecule has 18 heavy (non-hydrogen) atoms. The van der Waals surface area contributed by atoms with Crippen LogP contribution in [0.1, 0.15) is 20.8 Å². The minimum Gasteiger partial charge on any atom is -0.481 e. The normalized spacial score (nSPS) is 19.8. The van der Waals surface area contributed by atoms with Gasteiger partial charge in [-0.2, -0.15) is 0 Å². The Labute approximate surface area is 108 Å². The first kappa shape index (κ1) is 15.4. The molecule has 0 bridgehead atoms. The van der Waals surface area contributed by atoms with Crippen LogP contribution in [0.25, 0.3) is 0 Å². The number of rotatable bonds is 7. The third-order valence-corrected chi connectivity index (χ3v) is 4.93. The van der Waals surface area contributed by atoms with E-state index in [4.69, 9.17) is 9.84 Å². The molecule has 1 aliphatic rings. The molecular formula is C11H21NO5S. The number of carboxylic acids is 1. The van der Waals surface area contributed by atoms with Gasteiger partial charge in [0.2, 0.25) is 10.0 Å². The summed E-state index contributed by atoms with van der Waals surface area (Å²) in [7, 11) is -3.30. The standard InChI is InChI=1S/C11H21NO5S/c1-8(2)17-4-5-18(15,16)12-6-10(7-12)9(3)11(13)14/h8-10H,4-7H2,1-3H3,(H,13,14). The highest BCUT2D eigenvalue weighted by atomic mass is 32.2. The summed E-state index contributed by atoms with van der Waals surface area (Å²) >= 11 is 0. The number of aliphatic carboxylic acids is 1. The van der Waals surface area contributed by atoms with Gasteiger partial charge in [0.05, 0.1) is 24.4 Å². The van der Waals surface area contributed by atoms with Gasteiger partial charge in [0.1, 0.15) is 0 Å². The lowest BCUT2D eigenvalue weighted by molar-refractivity contribution is -0.144. The van der Waals surface area contributed by atoms with Crippen molar-refractivity contribution in [1.82, 2.24) is 4.31 Å². The molecule has 0 amide bonds. The molecule has 0 aliphatic carbocycles. The summed E-state index contributed by atoms with van der Waals surface area (Å²) in [6, 6.07) is 0. The van der Waals surface area contributed by atoms with Crippen LogP contribution in [0.4, 0.5) is 0 Å². The zero-order valence-electron chi connectivity index (χ0n) is 11.0. The predicted octanol–water partition coefficient (Wildman–Crippen LogP) is 0.394. The number of hydrogen-bond acceptors (Lipinski definition) is 4. The van der Waals surface area contributed by atoms with Crippen molar-refractivity contribution in [3.05, 3.63) is 0 Å². The fraction of sp³-hybridized carbons (Fsp3) is 0.909. The highest BCUT2D eigenvalue weighted by Gasteiger charge is 2.40. The Morgan fingerprint density at radius 3 is 2.39 bits per heavy atom. The second kappa shape index (κ2) is 5.99. The molecule has 0 radical (unpaired) electrons. The molecule has 0 spiro atoms. The van der Waals surface area contributed by atoms with Gasteiger partial charge < -0.3 is 9.84 Å². The summed E-state index contributed by atoms with van der Waals surface area (Å²) in [6.45, 7) is 6.09. The zero-order chi connectivity index (χ0) is 13.9. The van der Waals surface area contributed by atoms with Crippen molar-refractivity contribution < 1.29 is 23.1 Å². The van der Waals surface area contributed by atoms with Gasteiger partial charge in [-0.3, -0.25) is 4.79 Å². The quantitative estimate of drug-likeness (QED) is 0.729. The third kappa shape index (κ3) is 3.93. The molecule has 106 valence electrons. The van der Waals surface area contributed by atoms with Crippen LogP contribution in [-0.4, -0.2) is 55.4 Å². The van der Waals surface area contributed by atoms with Crippen LogP contribution >= 0.6 is 0 Å². The van der Waals surface area contributed by atoms with Crippen LogP contribution in [0.3, 0.4) is 0 Å². The van der Waals surface area contributed by atoms with Crippen LogP contribution in [-0.2, 0) is 19.6 Å². The lowest BCUT2D eigenvalue weighted by Gasteiger charge is -2.40. The first-order valence-electron chi connectivity index (χ1n) is 6.06. The minimum atomic E-state index is -3.30. The number of carboxylic acid groups (broad SMARTS) is 1. The molecule has 0 saturated carbocycles. The Morgan fingerprint density at radius 1 is 1.39 bits per heavy atom. The van der Waals surface area contributed by atoms with Crippen LogP contribution in [0.2, 0.25) is 0 Å². The van der Waals surface area contributed by atoms with Gasteiger partial charge in [-0.25, -0.2) is 12.7 Å². The van der Waals surface area contributed by atoms with E-state index in [1.54, 1.807) is 6.92 Å². The molecule has 0 aromatic carbocycles. The van der Waals surface area contributed by atoms with E-state index in [2.05, 4.69) is 0 Å². The fourth-order valence-electron chi connectivity index (χ4n) is 1.73. The van der Waals surface area contributed by atoms with Crippen molar-refractivity contribution >= 4 is 16.0 Å². The van der Waals surface area contributed by atoms with Crippen molar-refractivity contribution in [2.75, 3.05) is 25.4 Å². The van der Waals surface area contributed by atoms with E-state index in [9.17, 15) is 13.2 Å². The molecule has 0 aromatic rings. The molecule has 7 heteroatoms. The van der Waals surface area contributed by atoms with E-state index in [0.29, 0.717) is 13.1 Å². The molecule has 6 nitrogen and oxygen atoms in total. The van der Waals surface area contributed by atoms with Gasteiger partial charge >= 0.3 is 5.97 Å². The second-order valence-corrected chi connectivity index (χ2v) is 7.03. The minimum absolute atomic E-state index is 0.0105. The number of carbonyl (C=O) groups is 1. The van der Waals surface area contributed by atoms with E-state index >= 15 is 0 Å². The van der Waals surface area contributed by atoms with Crippen molar-refractivity contribution in [2.45, 2.75) is 26.9 Å². The predicted molar refractivity (Wildman–Crippen MR) is 66.7 cm³/mol. The summed E-state index contributed by atoms with van der Waals surface area (Å²) in [5.41, 5.74) is 0. The Kier molecular flexibility index (Phi) is 5.12. The SMILES string of the molecule is CC(C)OCCS(=O)(=O)N1CC(C(C)C(=O)O)C1. The largest absolute Gasteiger partial charge is 0.481 e. The van der Waals surface area contributed by atoms with Crippen molar-refractivity contribution in [2.24, 2.45) is 11.8 Å². The molecule has 1 unspecified atom stereocenters. The molecule has 0 aromatic heterocycles. The Morgan fingerprint density at radius 2 is 1.94 bits per heavy atom. The number of ether oxygens (including phenoxy) is 1. The second-order valence-electron chi connectivity index (χ2n) is 4.94. The van der Waals surface area contributed by atoms with Gasteiger partial charge in [0.15, 0.2) is 0 Å². The van der Waals surface area contributed by atoms with Crippen LogP contribution in [0, 0.1) is 11.8 Å². The summed E-state index contributed by atoms with van der Waals surface area (Å²) in [6.07, 6.45) is 0.0105. The first-order valence-corrected chi connectivity index (χ1v) is 7.67. The first-order chi connectivity index (χ1) is 8.24. The summed E-state index contributed by atoms with van der Waals surface area (Å²) in [5.74, 6) is -1.49. The van der Waals surface area contributed by atoms with Crippen molar-refractivity contribution in [1.29, 1.82) is 0 Å². The topological polar surface area (TPSA) is 83.9 Å². The van der Waals surface area contributed by atoms with Gasteiger partial charge in [0, 0.05) is 13.1 Å². The monoisotopic (exact) mass is 279 g/mol. The molecule has 1 heterocycles. The van der Waals surface area contributed by atoms with Gasteiger partial charge in [0.25, 0.3) is 0 Å². The van der Waals surface area contributed by atoms with E-state index in [1.807, 2.05) is 13.8 Å². The summed E-state index contributed by atoms with van der Waals surface area (Å²) < 4.78 is 30.2. The van der Waals surface area contributed by atoms with E-state index in [1.165, 1.54) is 4.31 Å². The van der Waals surface area contributed by atoms with Crippen molar-refractivity contribution in [3.63, 3.8) is 0 Å². The van der Waals surface area contributed by atoms with Crippen LogP contribution in [0.15, 0.2) is 0 Å². The third-order valence-electron chi connectivity index (χ3n) is 3.16. The van der Waals surface area contributed by atoms with E-state index in [0.717, 1.165) is 0 Å². The highest BCUT2D eigenvalue weighted by Crippen LogP contribution is 2.26. The van der Waals surface area contributed by atoms with E-state index in [-0.39, 0.29) is 24.4 Å². The Hall–Kier alpha value is -0.660. The number of hydrogen-bond donors (Lipinski definition) is 1.